The first-order valence-electron chi connectivity index (χ1n) is 15.2. The van der Waals surface area contributed by atoms with E-state index in [1.54, 1.807) is 30.6 Å². The van der Waals surface area contributed by atoms with Crippen molar-refractivity contribution in [3.63, 3.8) is 0 Å². The number of phenols is 1. The molecule has 5 N–H and O–H groups in total. The maximum absolute atomic E-state index is 13.3. The lowest BCUT2D eigenvalue weighted by Crippen LogP contribution is -3.07. The van der Waals surface area contributed by atoms with Gasteiger partial charge in [-0.2, -0.15) is 9.90 Å². The molecular formula is C33H31N3O13. The van der Waals surface area contributed by atoms with Gasteiger partial charge in [-0.3, -0.25) is 15.1 Å². The molecule has 0 spiro atoms. The van der Waals surface area contributed by atoms with E-state index in [1.165, 1.54) is 36.6 Å². The summed E-state index contributed by atoms with van der Waals surface area (Å²) in [5, 5.41) is 46.2. The van der Waals surface area contributed by atoms with Gasteiger partial charge < -0.3 is 48.6 Å². The van der Waals surface area contributed by atoms with Crippen molar-refractivity contribution in [2.45, 2.75) is 43.2 Å². The zero-order valence-electron chi connectivity index (χ0n) is 25.6. The number of allylic oxidation sites excluding steroid dienone is 1. The van der Waals surface area contributed by atoms with E-state index in [0.717, 1.165) is 11.3 Å². The van der Waals surface area contributed by atoms with Gasteiger partial charge in [0.1, 0.15) is 72.5 Å². The van der Waals surface area contributed by atoms with Gasteiger partial charge in [-0.1, -0.05) is 12.1 Å². The molecule has 1 aromatic heterocycles. The Kier molecular flexibility index (Phi) is 9.95. The molecule has 2 aromatic carbocycles. The monoisotopic (exact) mass is 677 g/mol. The van der Waals surface area contributed by atoms with Gasteiger partial charge in [0.25, 0.3) is 0 Å². The molecule has 0 bridgehead atoms. The van der Waals surface area contributed by atoms with Crippen LogP contribution in [0.1, 0.15) is 6.42 Å². The van der Waals surface area contributed by atoms with Crippen molar-refractivity contribution in [2.75, 3.05) is 19.7 Å². The van der Waals surface area contributed by atoms with E-state index in [0.29, 0.717) is 23.5 Å². The van der Waals surface area contributed by atoms with Crippen molar-refractivity contribution in [1.29, 1.82) is 0 Å². The van der Waals surface area contributed by atoms with Crippen LogP contribution < -0.4 is 25.7 Å². The zero-order chi connectivity index (χ0) is 34.7. The molecule has 3 aliphatic heterocycles. The number of carboxylic acids is 1. The molecule has 1 saturated heterocycles. The number of hydrogen-bond acceptors (Lipinski definition) is 15. The van der Waals surface area contributed by atoms with E-state index in [1.807, 2.05) is 0 Å². The van der Waals surface area contributed by atoms with Crippen molar-refractivity contribution >= 4 is 34.9 Å². The molecule has 6 rings (SSSR count). The number of hydroxylamine groups is 2. The number of rotatable bonds is 13. The number of carbonyl (C=O) groups excluding carboxylic acids is 3. The minimum atomic E-state index is -1.90. The molecule has 4 heterocycles. The SMILES string of the molecule is O=CCCNC(C(=O)[O-])C(=O)OCC1OC(Oc2ccc3c(=O)c(-c4ccc(O)cc4)coc3c2)C(O[NH+]2C=C3C=CN=C3C2)C(O)C1O. The number of nitrogens with one attached hydrogen (secondary N) is 2. The van der Waals surface area contributed by atoms with E-state index in [9.17, 15) is 39.6 Å². The fourth-order valence-electron chi connectivity index (χ4n) is 5.51. The van der Waals surface area contributed by atoms with Crippen molar-refractivity contribution in [3.8, 4) is 22.6 Å². The molecule has 0 aliphatic carbocycles. The average Bonchev–Trinajstić information content (AvgIpc) is 3.68. The fraction of sp³-hybridized carbons (Fsp3) is 0.303. The number of aldehydes is 1. The summed E-state index contributed by atoms with van der Waals surface area (Å²) in [7, 11) is 0. The lowest BCUT2D eigenvalue weighted by atomic mass is 9.99. The number of aromatic hydroxyl groups is 1. The van der Waals surface area contributed by atoms with E-state index < -0.39 is 55.3 Å². The Morgan fingerprint density at radius 1 is 1.16 bits per heavy atom. The summed E-state index contributed by atoms with van der Waals surface area (Å²) in [5.74, 6) is -2.89. The molecule has 3 aromatic rings. The van der Waals surface area contributed by atoms with Gasteiger partial charge in [-0.15, -0.1) is 0 Å². The Morgan fingerprint density at radius 2 is 1.96 bits per heavy atom. The number of aliphatic imine (C=N–C) groups is 1. The van der Waals surface area contributed by atoms with Crippen LogP contribution >= 0.6 is 0 Å². The van der Waals surface area contributed by atoms with Gasteiger partial charge in [0.2, 0.25) is 12.4 Å². The number of benzene rings is 2. The molecule has 0 radical (unpaired) electrons. The van der Waals surface area contributed by atoms with Crippen molar-refractivity contribution in [3.05, 3.63) is 83.0 Å². The van der Waals surface area contributed by atoms with Gasteiger partial charge in [-0.05, 0) is 35.9 Å². The smallest absolute Gasteiger partial charge is 0.329 e. The maximum atomic E-state index is 13.3. The number of esters is 1. The second-order valence-electron chi connectivity index (χ2n) is 11.3. The topological polar surface area (TPSA) is 231 Å². The molecule has 0 saturated carbocycles. The van der Waals surface area contributed by atoms with Crippen LogP contribution in [0.4, 0.5) is 0 Å². The highest BCUT2D eigenvalue weighted by molar-refractivity contribution is 6.06. The van der Waals surface area contributed by atoms with E-state index in [2.05, 4.69) is 10.3 Å². The third-order valence-electron chi connectivity index (χ3n) is 8.06. The van der Waals surface area contributed by atoms with E-state index >= 15 is 0 Å². The van der Waals surface area contributed by atoms with Gasteiger partial charge in [0, 0.05) is 25.2 Å². The lowest BCUT2D eigenvalue weighted by Gasteiger charge is -2.41. The second-order valence-corrected chi connectivity index (χ2v) is 11.3. The van der Waals surface area contributed by atoms with Crippen LogP contribution in [0.25, 0.3) is 22.1 Å². The quantitative estimate of drug-likeness (QED) is 0.0564. The summed E-state index contributed by atoms with van der Waals surface area (Å²) in [4.78, 5) is 58.2. The van der Waals surface area contributed by atoms with Gasteiger partial charge in [0.15, 0.2) is 12.0 Å². The fourth-order valence-corrected chi connectivity index (χ4v) is 5.51. The first kappa shape index (κ1) is 33.7. The highest BCUT2D eigenvalue weighted by Gasteiger charge is 2.50. The number of quaternary nitrogens is 1. The molecule has 1 fully saturated rings. The van der Waals surface area contributed by atoms with Crippen LogP contribution in [0.2, 0.25) is 0 Å². The normalized spacial score (nSPS) is 24.9. The van der Waals surface area contributed by atoms with E-state index in [-0.39, 0.29) is 46.4 Å². The number of hydrogen-bond donors (Lipinski definition) is 5. The third-order valence-corrected chi connectivity index (χ3v) is 8.06. The van der Waals surface area contributed by atoms with Crippen molar-refractivity contribution in [2.24, 2.45) is 4.99 Å². The summed E-state index contributed by atoms with van der Waals surface area (Å²) < 4.78 is 22.9. The molecule has 0 amide bonds. The summed E-state index contributed by atoms with van der Waals surface area (Å²) in [6.45, 7) is -0.520. The van der Waals surface area contributed by atoms with Crippen LogP contribution in [0, 0.1) is 0 Å². The predicted octanol–water partition coefficient (Wildman–Crippen LogP) is -2.12. The zero-order valence-corrected chi connectivity index (χ0v) is 25.6. The standard InChI is InChI=1S/C33H31N3O13/c37-11-1-9-35-26(31(42)43)32(44)46-16-25-28(40)29(41)30(49-36-13-18-8-10-34-23(18)14-36)33(48-25)47-20-6-7-21-24(12-20)45-15-22(27(21)39)17-2-4-19(38)5-3-17/h2-8,10-13,15,25-26,28-30,33,35,38,40-41H,1,9,14,16H2,(H,42,43). The molecule has 49 heavy (non-hydrogen) atoms. The van der Waals surface area contributed by atoms with Gasteiger partial charge in [-0.25, -0.2) is 4.79 Å². The number of nitrogens with zero attached hydrogens (tertiary/aromatic N) is 1. The largest absolute Gasteiger partial charge is 0.548 e. The highest BCUT2D eigenvalue weighted by Crippen LogP contribution is 2.29. The lowest BCUT2D eigenvalue weighted by molar-refractivity contribution is -1.05. The Labute approximate surface area is 277 Å². The first-order valence-corrected chi connectivity index (χ1v) is 15.2. The Balaban J connectivity index is 1.22. The molecule has 256 valence electrons. The van der Waals surface area contributed by atoms with Crippen LogP contribution in [-0.2, 0) is 28.7 Å². The van der Waals surface area contributed by atoms with Crippen molar-refractivity contribution < 1.29 is 63.3 Å². The number of carboxylic acid groups (broad SMARTS) is 1. The van der Waals surface area contributed by atoms with Crippen LogP contribution in [0.3, 0.4) is 0 Å². The summed E-state index contributed by atoms with van der Waals surface area (Å²) in [6.07, 6.45) is -0.597. The minimum absolute atomic E-state index is 0.0437. The number of carbonyl (C=O) groups is 3. The second kappa shape index (κ2) is 14.5. The number of phenolic OH excluding ortho intramolecular Hbond substituents is 1. The maximum Gasteiger partial charge on any atom is 0.329 e. The van der Waals surface area contributed by atoms with E-state index in [4.69, 9.17) is 23.5 Å². The number of aliphatic hydroxyl groups is 2. The number of fused-ring (bicyclic) bond motifs is 2. The molecule has 7 atom stereocenters. The predicted molar refractivity (Wildman–Crippen MR) is 165 cm³/mol. The molecule has 3 aliphatic rings. The van der Waals surface area contributed by atoms with Crippen molar-refractivity contribution in [1.82, 2.24) is 5.32 Å². The summed E-state index contributed by atoms with van der Waals surface area (Å²) in [5.41, 5.74) is 2.21. The first-order chi connectivity index (χ1) is 23.6. The Morgan fingerprint density at radius 3 is 2.69 bits per heavy atom. The third kappa shape index (κ3) is 7.29. The number of aliphatic carboxylic acids is 1. The number of aliphatic hydroxyl groups excluding tert-OH is 2. The highest BCUT2D eigenvalue weighted by atomic mass is 16.8. The molecule has 7 unspecified atom stereocenters. The van der Waals surface area contributed by atoms with Crippen LogP contribution in [0.15, 0.2) is 87.0 Å². The van der Waals surface area contributed by atoms with Gasteiger partial charge in [0.05, 0.1) is 22.5 Å². The summed E-state index contributed by atoms with van der Waals surface area (Å²) in [6, 6.07) is 8.52. The summed E-state index contributed by atoms with van der Waals surface area (Å²) >= 11 is 0. The molecule has 16 heteroatoms. The van der Waals surface area contributed by atoms with Crippen LogP contribution in [0.5, 0.6) is 11.5 Å². The average molecular weight is 678 g/mol. The Bertz CT molecular complexity index is 1890. The molecule has 16 nitrogen and oxygen atoms in total. The minimum Gasteiger partial charge on any atom is -0.548 e. The Hall–Kier alpha value is -5.23. The van der Waals surface area contributed by atoms with Gasteiger partial charge >= 0.3 is 5.97 Å². The molecular weight excluding hydrogens is 646 g/mol. The van der Waals surface area contributed by atoms with Crippen LogP contribution in [-0.4, -0.2) is 95.7 Å². The number of ether oxygens (including phenoxy) is 3.